The van der Waals surface area contributed by atoms with E-state index in [4.69, 9.17) is 23.2 Å². The van der Waals surface area contributed by atoms with E-state index >= 15 is 0 Å². The SMILES string of the molecule is CNC(=O)[C@H](Cc1ccccc1)N(Cc1ccc(Cl)c(Cl)c1)C(=O)CSCc1ccc([N+](=O)[O-])cc1. The smallest absolute Gasteiger partial charge is 0.269 e. The first-order chi connectivity index (χ1) is 17.3. The second-order valence-electron chi connectivity index (χ2n) is 8.01. The molecule has 1 N–H and O–H groups in total. The Labute approximate surface area is 223 Å². The maximum Gasteiger partial charge on any atom is 0.269 e. The van der Waals surface area contributed by atoms with Crippen molar-refractivity contribution < 1.29 is 14.5 Å². The van der Waals surface area contributed by atoms with Crippen molar-refractivity contribution in [1.29, 1.82) is 0 Å². The second-order valence-corrected chi connectivity index (χ2v) is 9.81. The third-order valence-electron chi connectivity index (χ3n) is 5.50. The van der Waals surface area contributed by atoms with E-state index in [1.165, 1.54) is 23.9 Å². The highest BCUT2D eigenvalue weighted by atomic mass is 35.5. The highest BCUT2D eigenvalue weighted by Crippen LogP contribution is 2.25. The summed E-state index contributed by atoms with van der Waals surface area (Å²) < 4.78 is 0. The Morgan fingerprint density at radius 3 is 2.25 bits per heavy atom. The Morgan fingerprint density at radius 2 is 1.64 bits per heavy atom. The van der Waals surface area contributed by atoms with Crippen LogP contribution >= 0.6 is 35.0 Å². The number of non-ortho nitro benzene ring substituents is 1. The summed E-state index contributed by atoms with van der Waals surface area (Å²) in [6.45, 7) is 0.179. The Kier molecular flexibility index (Phi) is 10.2. The van der Waals surface area contributed by atoms with E-state index in [0.717, 1.165) is 16.7 Å². The minimum Gasteiger partial charge on any atom is -0.357 e. The molecule has 36 heavy (non-hydrogen) atoms. The lowest BCUT2D eigenvalue weighted by atomic mass is 10.0. The fraction of sp³-hybridized carbons (Fsp3) is 0.231. The number of hydrogen-bond acceptors (Lipinski definition) is 5. The number of nitrogens with zero attached hydrogens (tertiary/aromatic N) is 2. The maximum atomic E-state index is 13.5. The fourth-order valence-corrected chi connectivity index (χ4v) is 4.80. The number of halogens is 2. The molecule has 2 amide bonds. The van der Waals surface area contributed by atoms with E-state index in [9.17, 15) is 19.7 Å². The summed E-state index contributed by atoms with van der Waals surface area (Å²) in [7, 11) is 1.55. The molecule has 0 heterocycles. The number of likely N-dealkylation sites (N-methyl/N-ethyl adjacent to an activating group) is 1. The molecule has 188 valence electrons. The molecule has 0 radical (unpaired) electrons. The van der Waals surface area contributed by atoms with Gasteiger partial charge in [-0.25, -0.2) is 0 Å². The number of amides is 2. The molecule has 0 aliphatic heterocycles. The van der Waals surface area contributed by atoms with Crippen LogP contribution in [0.3, 0.4) is 0 Å². The third kappa shape index (κ3) is 7.71. The van der Waals surface area contributed by atoms with Crippen molar-refractivity contribution in [3.8, 4) is 0 Å². The molecule has 3 aromatic rings. The molecule has 0 aliphatic rings. The van der Waals surface area contributed by atoms with Gasteiger partial charge in [-0.15, -0.1) is 11.8 Å². The quantitative estimate of drug-likeness (QED) is 0.253. The van der Waals surface area contributed by atoms with Crippen molar-refractivity contribution in [2.75, 3.05) is 12.8 Å². The normalized spacial score (nSPS) is 11.5. The van der Waals surface area contributed by atoms with Crippen molar-refractivity contribution in [1.82, 2.24) is 10.2 Å². The van der Waals surface area contributed by atoms with Crippen molar-refractivity contribution in [3.05, 3.63) is 110 Å². The largest absolute Gasteiger partial charge is 0.357 e. The van der Waals surface area contributed by atoms with Crippen LogP contribution in [0.2, 0.25) is 10.0 Å². The highest BCUT2D eigenvalue weighted by molar-refractivity contribution is 7.99. The van der Waals surface area contributed by atoms with Gasteiger partial charge in [0.15, 0.2) is 0 Å². The summed E-state index contributed by atoms with van der Waals surface area (Å²) in [5, 5.41) is 14.3. The van der Waals surface area contributed by atoms with Gasteiger partial charge in [0.1, 0.15) is 6.04 Å². The third-order valence-corrected chi connectivity index (χ3v) is 7.22. The Bertz CT molecular complexity index is 1210. The first-order valence-corrected chi connectivity index (χ1v) is 13.0. The molecular formula is C26H25Cl2N3O4S. The van der Waals surface area contributed by atoms with Crippen LogP contribution < -0.4 is 5.32 Å². The van der Waals surface area contributed by atoms with Crippen LogP contribution in [0, 0.1) is 10.1 Å². The van der Waals surface area contributed by atoms with E-state index in [1.807, 2.05) is 30.3 Å². The summed E-state index contributed by atoms with van der Waals surface area (Å²) in [6, 6.07) is 20.1. The molecule has 1 atom stereocenters. The molecule has 3 rings (SSSR count). The zero-order valence-corrected chi connectivity index (χ0v) is 21.9. The number of thioether (sulfide) groups is 1. The van der Waals surface area contributed by atoms with Gasteiger partial charge >= 0.3 is 0 Å². The van der Waals surface area contributed by atoms with Gasteiger partial charge in [-0.05, 0) is 28.8 Å². The number of nitro benzene ring substituents is 1. The number of carbonyl (C=O) groups is 2. The van der Waals surface area contributed by atoms with Crippen molar-refractivity contribution in [2.45, 2.75) is 24.8 Å². The van der Waals surface area contributed by atoms with Gasteiger partial charge in [-0.3, -0.25) is 19.7 Å². The molecule has 0 aliphatic carbocycles. The zero-order chi connectivity index (χ0) is 26.1. The molecular weight excluding hydrogens is 521 g/mol. The Balaban J connectivity index is 1.80. The molecule has 0 fully saturated rings. The van der Waals surface area contributed by atoms with Gasteiger partial charge in [0.2, 0.25) is 11.8 Å². The van der Waals surface area contributed by atoms with Crippen molar-refractivity contribution in [2.24, 2.45) is 0 Å². The molecule has 10 heteroatoms. The average molecular weight is 546 g/mol. The van der Waals surface area contributed by atoms with Crippen LogP contribution in [0.1, 0.15) is 16.7 Å². The number of carbonyl (C=O) groups excluding carboxylic acids is 2. The molecule has 0 aromatic heterocycles. The summed E-state index contributed by atoms with van der Waals surface area (Å²) in [4.78, 5) is 38.4. The summed E-state index contributed by atoms with van der Waals surface area (Å²) >= 11 is 13.6. The number of nitrogens with one attached hydrogen (secondary N) is 1. The number of nitro groups is 1. The maximum absolute atomic E-state index is 13.5. The predicted octanol–water partition coefficient (Wildman–Crippen LogP) is 5.52. The van der Waals surface area contributed by atoms with Crippen molar-refractivity contribution in [3.63, 3.8) is 0 Å². The average Bonchev–Trinajstić information content (AvgIpc) is 2.88. The summed E-state index contributed by atoms with van der Waals surface area (Å²) in [5.74, 6) is 0.138. The predicted molar refractivity (Wildman–Crippen MR) is 144 cm³/mol. The van der Waals surface area contributed by atoms with Crippen LogP contribution in [0.15, 0.2) is 72.8 Å². The molecule has 0 bridgehead atoms. The number of rotatable bonds is 11. The lowest BCUT2D eigenvalue weighted by Gasteiger charge is -2.31. The van der Waals surface area contributed by atoms with Crippen LogP contribution in [0.25, 0.3) is 0 Å². The first-order valence-electron chi connectivity index (χ1n) is 11.1. The number of benzene rings is 3. The molecule has 0 saturated heterocycles. The molecule has 3 aromatic carbocycles. The van der Waals surface area contributed by atoms with E-state index in [1.54, 1.807) is 42.3 Å². The molecule has 0 saturated carbocycles. The minimum atomic E-state index is -0.737. The van der Waals surface area contributed by atoms with Crippen LogP contribution in [-0.2, 0) is 28.3 Å². The monoisotopic (exact) mass is 545 g/mol. The molecule has 0 spiro atoms. The van der Waals surface area contributed by atoms with Gasteiger partial charge in [0, 0.05) is 37.9 Å². The molecule has 7 nitrogen and oxygen atoms in total. The lowest BCUT2D eigenvalue weighted by Crippen LogP contribution is -2.50. The number of hydrogen-bond donors (Lipinski definition) is 1. The first kappa shape index (κ1) is 27.5. The minimum absolute atomic E-state index is 0.0157. The van der Waals surface area contributed by atoms with E-state index in [0.29, 0.717) is 22.2 Å². The van der Waals surface area contributed by atoms with E-state index < -0.39 is 11.0 Å². The van der Waals surface area contributed by atoms with Gasteiger partial charge in [0.05, 0.1) is 20.7 Å². The lowest BCUT2D eigenvalue weighted by molar-refractivity contribution is -0.384. The highest BCUT2D eigenvalue weighted by Gasteiger charge is 2.29. The Morgan fingerprint density at radius 1 is 0.972 bits per heavy atom. The second kappa shape index (κ2) is 13.3. The van der Waals surface area contributed by atoms with Gasteiger partial charge in [0.25, 0.3) is 5.69 Å². The Hall–Kier alpha value is -3.07. The van der Waals surface area contributed by atoms with E-state index in [-0.39, 0.29) is 29.8 Å². The van der Waals surface area contributed by atoms with Crippen LogP contribution in [-0.4, -0.2) is 40.5 Å². The summed E-state index contributed by atoms with van der Waals surface area (Å²) in [6.07, 6.45) is 0.348. The molecule has 0 unspecified atom stereocenters. The summed E-state index contributed by atoms with van der Waals surface area (Å²) in [5.41, 5.74) is 2.56. The van der Waals surface area contributed by atoms with Gasteiger partial charge in [-0.2, -0.15) is 0 Å². The van der Waals surface area contributed by atoms with Crippen molar-refractivity contribution >= 4 is 52.5 Å². The van der Waals surface area contributed by atoms with Crippen LogP contribution in [0.4, 0.5) is 5.69 Å². The standard InChI is InChI=1S/C26H25Cl2N3O4S/c1-29-26(33)24(14-18-5-3-2-4-6-18)30(15-20-9-12-22(27)23(28)13-20)25(32)17-36-16-19-7-10-21(11-8-19)31(34)35/h2-13,24H,14-17H2,1H3,(H,29,33)/t24-/m0/s1. The van der Waals surface area contributed by atoms with Gasteiger partial charge < -0.3 is 10.2 Å². The fourth-order valence-electron chi connectivity index (χ4n) is 3.61. The zero-order valence-electron chi connectivity index (χ0n) is 19.5. The van der Waals surface area contributed by atoms with Crippen LogP contribution in [0.5, 0.6) is 0 Å². The van der Waals surface area contributed by atoms with Gasteiger partial charge in [-0.1, -0.05) is 71.7 Å². The van der Waals surface area contributed by atoms with E-state index in [2.05, 4.69) is 5.32 Å². The topological polar surface area (TPSA) is 92.6 Å².